The topological polar surface area (TPSA) is 129 Å². The molecular formula is C14H21N2O8P. The maximum absolute atomic E-state index is 12.2. The summed E-state index contributed by atoms with van der Waals surface area (Å²) in [6.07, 6.45) is 0.0421. The van der Waals surface area contributed by atoms with E-state index < -0.39 is 43.1 Å². The fraction of sp³-hybridized carbons (Fsp3) is 0.714. The van der Waals surface area contributed by atoms with Crippen LogP contribution in [0.1, 0.15) is 31.6 Å². The molecule has 2 N–H and O–H groups in total. The standard InChI is InChI=1S/C14H21N2O8P/c1-4-5-14-7-22-9(10(14)24-25(19,20)21-3)12(23-14)16-6-8(2)11(17)15-13(16)18/h6,9-10,12H,4-5,7H2,1-3H3,(H,19,20)(H,15,17,18)/t9-,10?,12+,14-/m0/s1. The molecule has 140 valence electrons. The highest BCUT2D eigenvalue weighted by Crippen LogP contribution is 2.55. The predicted octanol–water partition coefficient (Wildman–Crippen LogP) is 0.444. The minimum absolute atomic E-state index is 0.174. The van der Waals surface area contributed by atoms with Crippen LogP contribution in [-0.2, 0) is 23.1 Å². The molecule has 0 aromatic carbocycles. The molecule has 11 heteroatoms. The minimum atomic E-state index is -4.28. The number of nitrogens with one attached hydrogen (secondary N) is 1. The molecule has 2 aliphatic heterocycles. The molecule has 25 heavy (non-hydrogen) atoms. The first kappa shape index (κ1) is 18.5. The zero-order chi connectivity index (χ0) is 18.4. The molecule has 5 atom stereocenters. The Morgan fingerprint density at radius 3 is 2.88 bits per heavy atom. The van der Waals surface area contributed by atoms with Crippen molar-refractivity contribution < 1.29 is 28.0 Å². The van der Waals surface area contributed by atoms with Crippen molar-refractivity contribution in [2.75, 3.05) is 13.7 Å². The quantitative estimate of drug-likeness (QED) is 0.685. The summed E-state index contributed by atoms with van der Waals surface area (Å²) in [6, 6.07) is 0. The van der Waals surface area contributed by atoms with E-state index in [2.05, 4.69) is 9.51 Å². The summed E-state index contributed by atoms with van der Waals surface area (Å²) >= 11 is 0. The van der Waals surface area contributed by atoms with Gasteiger partial charge in [-0.1, -0.05) is 13.3 Å². The van der Waals surface area contributed by atoms with Gasteiger partial charge < -0.3 is 14.4 Å². The smallest absolute Gasteiger partial charge is 0.368 e. The average molecular weight is 376 g/mol. The second kappa shape index (κ2) is 6.46. The monoisotopic (exact) mass is 376 g/mol. The Balaban J connectivity index is 2.00. The first-order valence-corrected chi connectivity index (χ1v) is 9.41. The number of aromatic amines is 1. The highest BCUT2D eigenvalue weighted by molar-refractivity contribution is 7.47. The summed E-state index contributed by atoms with van der Waals surface area (Å²) < 4.78 is 34.7. The lowest BCUT2D eigenvalue weighted by Gasteiger charge is -2.31. The van der Waals surface area contributed by atoms with E-state index in [0.717, 1.165) is 7.11 Å². The summed E-state index contributed by atoms with van der Waals surface area (Å²) in [4.78, 5) is 35.7. The Kier molecular flexibility index (Phi) is 4.78. The number of nitrogens with zero attached hydrogens (tertiary/aromatic N) is 1. The number of fused-ring (bicyclic) bond motifs is 2. The lowest BCUT2D eigenvalue weighted by molar-refractivity contribution is -0.177. The molecule has 2 bridgehead atoms. The molecule has 10 nitrogen and oxygen atoms in total. The van der Waals surface area contributed by atoms with Gasteiger partial charge in [0.05, 0.1) is 6.61 Å². The van der Waals surface area contributed by atoms with Crippen molar-refractivity contribution in [2.45, 2.75) is 50.7 Å². The van der Waals surface area contributed by atoms with Gasteiger partial charge in [0.15, 0.2) is 6.23 Å². The van der Waals surface area contributed by atoms with Gasteiger partial charge in [0.2, 0.25) is 0 Å². The number of hydrogen-bond donors (Lipinski definition) is 2. The van der Waals surface area contributed by atoms with Crippen LogP contribution in [0.2, 0.25) is 0 Å². The molecular weight excluding hydrogens is 355 g/mol. The molecule has 2 fully saturated rings. The van der Waals surface area contributed by atoms with Crippen molar-refractivity contribution in [2.24, 2.45) is 0 Å². The number of H-pyrrole nitrogens is 1. The van der Waals surface area contributed by atoms with Gasteiger partial charge in [-0.05, 0) is 13.3 Å². The molecule has 2 unspecified atom stereocenters. The SMILES string of the molecule is CCC[C@]12CO[C@@H](C1OP(=O)(O)OC)[C@H](n1cc(C)c(=O)[nH]c1=O)O2. The molecule has 2 saturated heterocycles. The molecule has 2 aliphatic rings. The Morgan fingerprint density at radius 1 is 1.52 bits per heavy atom. The highest BCUT2D eigenvalue weighted by atomic mass is 31.2. The van der Waals surface area contributed by atoms with Crippen molar-refractivity contribution in [3.8, 4) is 0 Å². The van der Waals surface area contributed by atoms with Crippen LogP contribution in [0, 0.1) is 6.92 Å². The van der Waals surface area contributed by atoms with Crippen LogP contribution < -0.4 is 11.2 Å². The van der Waals surface area contributed by atoms with Crippen molar-refractivity contribution in [1.82, 2.24) is 9.55 Å². The van der Waals surface area contributed by atoms with E-state index in [-0.39, 0.29) is 6.61 Å². The van der Waals surface area contributed by atoms with Crippen LogP contribution in [-0.4, -0.2) is 46.0 Å². The van der Waals surface area contributed by atoms with E-state index in [1.165, 1.54) is 10.8 Å². The van der Waals surface area contributed by atoms with Crippen LogP contribution in [0.25, 0.3) is 0 Å². The molecule has 0 aliphatic carbocycles. The zero-order valence-corrected chi connectivity index (χ0v) is 15.0. The molecule has 0 saturated carbocycles. The summed E-state index contributed by atoms with van der Waals surface area (Å²) in [7, 11) is -3.21. The second-order valence-corrected chi connectivity index (χ2v) is 7.77. The predicted molar refractivity (Wildman–Crippen MR) is 85.3 cm³/mol. The van der Waals surface area contributed by atoms with E-state index in [1.54, 1.807) is 6.92 Å². The normalized spacial score (nSPS) is 33.5. The molecule has 3 heterocycles. The van der Waals surface area contributed by atoms with Crippen LogP contribution in [0.15, 0.2) is 15.8 Å². The van der Waals surface area contributed by atoms with Crippen LogP contribution >= 0.6 is 7.82 Å². The fourth-order valence-corrected chi connectivity index (χ4v) is 4.06. The number of aryl methyl sites for hydroxylation is 1. The molecule has 0 radical (unpaired) electrons. The van der Waals surface area contributed by atoms with Gasteiger partial charge in [0.1, 0.15) is 17.8 Å². The largest absolute Gasteiger partial charge is 0.472 e. The number of ether oxygens (including phenoxy) is 2. The number of rotatable bonds is 6. The van der Waals surface area contributed by atoms with E-state index in [0.29, 0.717) is 18.4 Å². The van der Waals surface area contributed by atoms with Crippen molar-refractivity contribution >= 4 is 7.82 Å². The first-order valence-electron chi connectivity index (χ1n) is 7.91. The van der Waals surface area contributed by atoms with Gasteiger partial charge in [-0.2, -0.15) is 0 Å². The number of phosphoric acid groups is 1. The fourth-order valence-electron chi connectivity index (χ4n) is 3.38. The third-order valence-corrected chi connectivity index (χ3v) is 5.50. The molecule has 1 aromatic heterocycles. The summed E-state index contributed by atoms with van der Waals surface area (Å²) in [5, 5.41) is 0. The molecule has 1 aromatic rings. The number of aromatic nitrogens is 2. The van der Waals surface area contributed by atoms with Gasteiger partial charge >= 0.3 is 13.5 Å². The van der Waals surface area contributed by atoms with Crippen molar-refractivity contribution in [1.29, 1.82) is 0 Å². The molecule has 0 amide bonds. The Bertz CT molecular complexity index is 820. The Labute approximate surface area is 143 Å². The maximum atomic E-state index is 12.2. The lowest BCUT2D eigenvalue weighted by Crippen LogP contribution is -2.42. The number of phosphoric ester groups is 1. The van der Waals surface area contributed by atoms with Crippen LogP contribution in [0.5, 0.6) is 0 Å². The Morgan fingerprint density at radius 2 is 2.24 bits per heavy atom. The lowest BCUT2D eigenvalue weighted by atomic mass is 9.94. The van der Waals surface area contributed by atoms with E-state index in [4.69, 9.17) is 14.0 Å². The van der Waals surface area contributed by atoms with Crippen molar-refractivity contribution in [3.05, 3.63) is 32.6 Å². The highest BCUT2D eigenvalue weighted by Gasteiger charge is 2.64. The van der Waals surface area contributed by atoms with Crippen molar-refractivity contribution in [3.63, 3.8) is 0 Å². The third-order valence-electron chi connectivity index (χ3n) is 4.54. The van der Waals surface area contributed by atoms with Gasteiger partial charge in [-0.15, -0.1) is 0 Å². The number of hydrogen-bond acceptors (Lipinski definition) is 7. The maximum Gasteiger partial charge on any atom is 0.472 e. The van der Waals surface area contributed by atoms with Gasteiger partial charge in [0.25, 0.3) is 5.56 Å². The van der Waals surface area contributed by atoms with Gasteiger partial charge in [-0.3, -0.25) is 23.4 Å². The second-order valence-electron chi connectivity index (χ2n) is 6.25. The zero-order valence-electron chi connectivity index (χ0n) is 14.1. The third kappa shape index (κ3) is 3.14. The van der Waals surface area contributed by atoms with Crippen LogP contribution in [0.4, 0.5) is 0 Å². The average Bonchev–Trinajstić information content (AvgIpc) is 3.02. The van der Waals surface area contributed by atoms with Gasteiger partial charge in [0, 0.05) is 18.9 Å². The summed E-state index contributed by atoms with van der Waals surface area (Å²) in [6.45, 7) is 3.67. The van der Waals surface area contributed by atoms with E-state index in [9.17, 15) is 19.0 Å². The summed E-state index contributed by atoms with van der Waals surface area (Å²) in [5.74, 6) is 0. The summed E-state index contributed by atoms with van der Waals surface area (Å²) in [5.41, 5.74) is -1.77. The molecule has 0 spiro atoms. The Hall–Kier alpha value is -1.29. The van der Waals surface area contributed by atoms with Gasteiger partial charge in [-0.25, -0.2) is 9.36 Å². The van der Waals surface area contributed by atoms with E-state index in [1.807, 2.05) is 6.92 Å². The minimum Gasteiger partial charge on any atom is -0.368 e. The molecule has 3 rings (SSSR count). The first-order chi connectivity index (χ1) is 11.7. The van der Waals surface area contributed by atoms with E-state index >= 15 is 0 Å². The van der Waals surface area contributed by atoms with Crippen LogP contribution in [0.3, 0.4) is 0 Å².